The number of rotatable bonds is 7. The van der Waals surface area contributed by atoms with Gasteiger partial charge in [-0.15, -0.1) is 24.0 Å². The van der Waals surface area contributed by atoms with Gasteiger partial charge >= 0.3 is 6.09 Å². The maximum Gasteiger partial charge on any atom is 0.409 e. The third-order valence-corrected chi connectivity index (χ3v) is 4.08. The average molecular weight is 490 g/mol. The monoisotopic (exact) mass is 490 g/mol. The molecule has 0 spiro atoms. The van der Waals surface area contributed by atoms with Crippen LogP contribution in [0.25, 0.3) is 0 Å². The molecular weight excluding hydrogens is 459 g/mol. The van der Waals surface area contributed by atoms with Crippen LogP contribution >= 0.6 is 24.0 Å². The van der Waals surface area contributed by atoms with E-state index in [1.54, 1.807) is 4.90 Å². The predicted octanol–water partition coefficient (Wildman–Crippen LogP) is 2.86. The Labute approximate surface area is 178 Å². The van der Waals surface area contributed by atoms with E-state index >= 15 is 0 Å². The van der Waals surface area contributed by atoms with Gasteiger partial charge in [0, 0.05) is 25.7 Å². The summed E-state index contributed by atoms with van der Waals surface area (Å²) in [5.74, 6) is 1.64. The Balaban J connectivity index is 0.00000364. The lowest BCUT2D eigenvalue weighted by Gasteiger charge is -2.32. The summed E-state index contributed by atoms with van der Waals surface area (Å²) in [6.45, 7) is 7.59. The largest absolute Gasteiger partial charge is 0.492 e. The van der Waals surface area contributed by atoms with Gasteiger partial charge in [-0.3, -0.25) is 0 Å². The van der Waals surface area contributed by atoms with Crippen LogP contribution in [0.5, 0.6) is 5.75 Å². The molecule has 27 heavy (non-hydrogen) atoms. The summed E-state index contributed by atoms with van der Waals surface area (Å²) in [6, 6.07) is 10.0. The van der Waals surface area contributed by atoms with Gasteiger partial charge in [-0.05, 0) is 38.8 Å². The van der Waals surface area contributed by atoms with Crippen LogP contribution in [0.3, 0.4) is 0 Å². The molecule has 0 bridgehead atoms. The fraction of sp³-hybridized carbons (Fsp3) is 0.579. The van der Waals surface area contributed by atoms with Crippen LogP contribution in [0.1, 0.15) is 26.7 Å². The number of ether oxygens (including phenoxy) is 2. The molecule has 1 aromatic rings. The first-order valence-corrected chi connectivity index (χ1v) is 9.37. The molecule has 1 aliphatic rings. The van der Waals surface area contributed by atoms with Crippen LogP contribution in [0, 0.1) is 0 Å². The fourth-order valence-electron chi connectivity index (χ4n) is 2.77. The van der Waals surface area contributed by atoms with E-state index in [1.807, 2.05) is 44.2 Å². The highest BCUT2D eigenvalue weighted by Crippen LogP contribution is 2.11. The summed E-state index contributed by atoms with van der Waals surface area (Å²) in [5, 5.41) is 6.71. The summed E-state index contributed by atoms with van der Waals surface area (Å²) in [6.07, 6.45) is 1.54. The average Bonchev–Trinajstić information content (AvgIpc) is 2.67. The smallest absolute Gasteiger partial charge is 0.409 e. The third kappa shape index (κ3) is 8.68. The van der Waals surface area contributed by atoms with Crippen molar-refractivity contribution in [2.75, 3.05) is 39.4 Å². The third-order valence-electron chi connectivity index (χ3n) is 4.08. The van der Waals surface area contributed by atoms with E-state index in [9.17, 15) is 4.79 Å². The van der Waals surface area contributed by atoms with Crippen LogP contribution < -0.4 is 15.4 Å². The van der Waals surface area contributed by atoms with Crippen molar-refractivity contribution in [3.8, 4) is 5.75 Å². The van der Waals surface area contributed by atoms with Crippen molar-refractivity contribution < 1.29 is 14.3 Å². The minimum Gasteiger partial charge on any atom is -0.492 e. The van der Waals surface area contributed by atoms with Crippen molar-refractivity contribution in [2.24, 2.45) is 4.99 Å². The number of hydrogen-bond acceptors (Lipinski definition) is 4. The maximum absolute atomic E-state index is 11.8. The molecule has 0 radical (unpaired) electrons. The van der Waals surface area contributed by atoms with Gasteiger partial charge in [-0.25, -0.2) is 9.79 Å². The number of hydrogen-bond donors (Lipinski definition) is 2. The van der Waals surface area contributed by atoms with Crippen LogP contribution in [0.2, 0.25) is 0 Å². The summed E-state index contributed by atoms with van der Waals surface area (Å²) < 4.78 is 10.7. The lowest BCUT2D eigenvalue weighted by molar-refractivity contribution is 0.0963. The van der Waals surface area contributed by atoms with Crippen molar-refractivity contribution in [3.63, 3.8) is 0 Å². The van der Waals surface area contributed by atoms with Gasteiger partial charge in [0.2, 0.25) is 0 Å². The molecule has 1 fully saturated rings. The maximum atomic E-state index is 11.8. The van der Waals surface area contributed by atoms with E-state index in [0.29, 0.717) is 38.9 Å². The number of guanidine groups is 1. The number of nitrogens with one attached hydrogen (secondary N) is 2. The number of likely N-dealkylation sites (tertiary alicyclic amines) is 1. The van der Waals surface area contributed by atoms with E-state index in [1.165, 1.54) is 0 Å². The second-order valence-corrected chi connectivity index (χ2v) is 6.03. The first kappa shape index (κ1) is 23.3. The number of para-hydroxylation sites is 1. The van der Waals surface area contributed by atoms with Gasteiger partial charge in [0.25, 0.3) is 0 Å². The van der Waals surface area contributed by atoms with Gasteiger partial charge in [0.1, 0.15) is 12.4 Å². The Hall–Kier alpha value is -1.71. The van der Waals surface area contributed by atoms with Crippen molar-refractivity contribution >= 4 is 36.0 Å². The molecule has 0 aliphatic carbocycles. The first-order valence-electron chi connectivity index (χ1n) is 9.37. The van der Waals surface area contributed by atoms with E-state index in [0.717, 1.165) is 31.1 Å². The number of carbonyl (C=O) groups is 1. The van der Waals surface area contributed by atoms with Gasteiger partial charge in [-0.2, -0.15) is 0 Å². The number of halogens is 1. The van der Waals surface area contributed by atoms with Gasteiger partial charge in [-0.1, -0.05) is 18.2 Å². The van der Waals surface area contributed by atoms with Gasteiger partial charge in [0.15, 0.2) is 5.96 Å². The molecule has 152 valence electrons. The Morgan fingerprint density at radius 2 is 1.93 bits per heavy atom. The number of carbonyl (C=O) groups excluding carboxylic acids is 1. The van der Waals surface area contributed by atoms with Gasteiger partial charge < -0.3 is 25.0 Å². The zero-order valence-electron chi connectivity index (χ0n) is 16.1. The SMILES string of the molecule is CCNC(=NCCOc1ccccc1)NC1CCN(C(=O)OCC)CC1.I. The molecule has 0 saturated carbocycles. The highest BCUT2D eigenvalue weighted by Gasteiger charge is 2.23. The standard InChI is InChI=1S/C19H30N4O3.HI/c1-3-20-18(21-12-15-26-17-8-6-5-7-9-17)22-16-10-13-23(14-11-16)19(24)25-4-2;/h5-9,16H,3-4,10-15H2,1-2H3,(H2,20,21,22);1H. The molecular formula is C19H31IN4O3. The number of nitrogens with zero attached hydrogens (tertiary/aromatic N) is 2. The van der Waals surface area contributed by atoms with Gasteiger partial charge in [0.05, 0.1) is 13.2 Å². The number of amides is 1. The minimum absolute atomic E-state index is 0. The van der Waals surface area contributed by atoms with E-state index in [-0.39, 0.29) is 30.1 Å². The molecule has 2 N–H and O–H groups in total. The van der Waals surface area contributed by atoms with Crippen molar-refractivity contribution in [1.82, 2.24) is 15.5 Å². The molecule has 8 heteroatoms. The highest BCUT2D eigenvalue weighted by atomic mass is 127. The molecule has 1 amide bonds. The van der Waals surface area contributed by atoms with Crippen molar-refractivity contribution in [3.05, 3.63) is 30.3 Å². The zero-order chi connectivity index (χ0) is 18.6. The molecule has 1 heterocycles. The van der Waals surface area contributed by atoms with Crippen LogP contribution in [-0.4, -0.2) is 62.4 Å². The Morgan fingerprint density at radius 3 is 2.56 bits per heavy atom. The quantitative estimate of drug-likeness (QED) is 0.266. The van der Waals surface area contributed by atoms with Crippen LogP contribution in [-0.2, 0) is 4.74 Å². The summed E-state index contributed by atoms with van der Waals surface area (Å²) >= 11 is 0. The second kappa shape index (κ2) is 13.5. The second-order valence-electron chi connectivity index (χ2n) is 6.03. The Kier molecular flexibility index (Phi) is 11.6. The van der Waals surface area contributed by atoms with E-state index < -0.39 is 0 Å². The first-order chi connectivity index (χ1) is 12.7. The fourth-order valence-corrected chi connectivity index (χ4v) is 2.77. The summed E-state index contributed by atoms with van der Waals surface area (Å²) in [5.41, 5.74) is 0. The highest BCUT2D eigenvalue weighted by molar-refractivity contribution is 14.0. The molecule has 1 saturated heterocycles. The molecule has 2 rings (SSSR count). The Morgan fingerprint density at radius 1 is 1.22 bits per heavy atom. The van der Waals surface area contributed by atoms with Crippen molar-refractivity contribution in [2.45, 2.75) is 32.7 Å². The summed E-state index contributed by atoms with van der Waals surface area (Å²) in [7, 11) is 0. The predicted molar refractivity (Wildman–Crippen MR) is 118 cm³/mol. The molecule has 7 nitrogen and oxygen atoms in total. The minimum atomic E-state index is -0.218. The topological polar surface area (TPSA) is 75.2 Å². The zero-order valence-corrected chi connectivity index (χ0v) is 18.5. The molecule has 1 aliphatic heterocycles. The lowest BCUT2D eigenvalue weighted by atomic mass is 10.1. The molecule has 0 aromatic heterocycles. The van der Waals surface area contributed by atoms with Crippen LogP contribution in [0.4, 0.5) is 4.79 Å². The number of benzene rings is 1. The molecule has 0 unspecified atom stereocenters. The molecule has 1 aromatic carbocycles. The summed E-state index contributed by atoms with van der Waals surface area (Å²) in [4.78, 5) is 18.1. The Bertz CT molecular complexity index is 563. The van der Waals surface area contributed by atoms with Crippen molar-refractivity contribution in [1.29, 1.82) is 0 Å². The van der Waals surface area contributed by atoms with E-state index in [2.05, 4.69) is 15.6 Å². The lowest BCUT2D eigenvalue weighted by Crippen LogP contribution is -2.50. The molecule has 0 atom stereocenters. The number of piperidine rings is 1. The number of aliphatic imine (C=N–C) groups is 1. The van der Waals surface area contributed by atoms with E-state index in [4.69, 9.17) is 9.47 Å². The van der Waals surface area contributed by atoms with Crippen LogP contribution in [0.15, 0.2) is 35.3 Å². The normalized spacial score (nSPS) is 14.9.